The molecule has 0 aliphatic carbocycles. The molecule has 3 aromatic rings. The summed E-state index contributed by atoms with van der Waals surface area (Å²) in [7, 11) is 3.51. The number of anilines is 1. The molecule has 8 nitrogen and oxygen atoms in total. The first-order chi connectivity index (χ1) is 15.8. The number of carbonyl (C=O) groups excluding carboxylic acids is 1. The molecule has 0 spiro atoms. The van der Waals surface area contributed by atoms with Crippen LogP contribution in [0.1, 0.15) is 12.8 Å². The summed E-state index contributed by atoms with van der Waals surface area (Å²) >= 11 is 1.33. The number of amides is 1. The van der Waals surface area contributed by atoms with Crippen molar-refractivity contribution < 1.29 is 35.1 Å². The van der Waals surface area contributed by atoms with Crippen molar-refractivity contribution in [2.75, 3.05) is 52.1 Å². The molecule has 0 saturated carbocycles. The second-order valence-electron chi connectivity index (χ2n) is 7.73. The number of benzene rings is 2. The summed E-state index contributed by atoms with van der Waals surface area (Å²) in [6.07, 6.45) is 0.581. The van der Waals surface area contributed by atoms with E-state index in [0.717, 1.165) is 11.2 Å². The highest BCUT2D eigenvalue weighted by Crippen LogP contribution is 2.40. The van der Waals surface area contributed by atoms with Crippen LogP contribution >= 0.6 is 11.3 Å². The second-order valence-corrected chi connectivity index (χ2v) is 10.8. The van der Waals surface area contributed by atoms with Crippen LogP contribution in [0.15, 0.2) is 47.4 Å². The van der Waals surface area contributed by atoms with E-state index in [-0.39, 0.29) is 35.4 Å². The maximum atomic E-state index is 13.2. The number of ether oxygens (including phenoxy) is 2. The number of thiazole rings is 1. The van der Waals surface area contributed by atoms with Crippen LogP contribution < -0.4 is 26.8 Å². The van der Waals surface area contributed by atoms with Gasteiger partial charge in [0.25, 0.3) is 0 Å². The lowest BCUT2D eigenvalue weighted by atomic mass is 10.3. The molecule has 0 radical (unpaired) electrons. The van der Waals surface area contributed by atoms with Crippen LogP contribution in [0.4, 0.5) is 5.13 Å². The molecule has 11 heteroatoms. The lowest BCUT2D eigenvalue weighted by molar-refractivity contribution is -0.118. The standard InChI is InChI=1S/C23H29N3O5S2.ClH/c1-25(2)14-8-15-26(20(27)13-16-33(28,29)17-9-6-5-7-10-17)23-24-21-18(30-3)11-12-19(31-4)22(21)32-23;/h5-7,9-12H,8,13-16H2,1-4H3;1H/p-1. The molecule has 1 amide bonds. The summed E-state index contributed by atoms with van der Waals surface area (Å²) in [6, 6.07) is 11.8. The van der Waals surface area contributed by atoms with Crippen molar-refractivity contribution in [2.45, 2.75) is 17.7 Å². The highest BCUT2D eigenvalue weighted by Gasteiger charge is 2.24. The Morgan fingerprint density at radius 3 is 2.26 bits per heavy atom. The van der Waals surface area contributed by atoms with Gasteiger partial charge in [0.05, 0.1) is 24.9 Å². The van der Waals surface area contributed by atoms with E-state index < -0.39 is 9.84 Å². The third-order valence-electron chi connectivity index (χ3n) is 5.10. The van der Waals surface area contributed by atoms with Crippen LogP contribution in [0.2, 0.25) is 0 Å². The average molecular weight is 527 g/mol. The van der Waals surface area contributed by atoms with E-state index >= 15 is 0 Å². The molecule has 0 bridgehead atoms. The van der Waals surface area contributed by atoms with Crippen LogP contribution in [-0.2, 0) is 14.6 Å². The lowest BCUT2D eigenvalue weighted by Gasteiger charge is -2.21. The summed E-state index contributed by atoms with van der Waals surface area (Å²) < 4.78 is 37.0. The molecule has 0 fully saturated rings. The number of sulfone groups is 1. The maximum absolute atomic E-state index is 13.2. The fourth-order valence-corrected chi connectivity index (χ4v) is 5.73. The number of fused-ring (bicyclic) bond motifs is 1. The normalized spacial score (nSPS) is 11.3. The van der Waals surface area contributed by atoms with Gasteiger partial charge in [-0.2, -0.15) is 0 Å². The fourth-order valence-electron chi connectivity index (χ4n) is 3.36. The van der Waals surface area contributed by atoms with Crippen molar-refractivity contribution in [2.24, 2.45) is 0 Å². The van der Waals surface area contributed by atoms with Gasteiger partial charge in [-0.3, -0.25) is 9.69 Å². The Labute approximate surface area is 210 Å². The van der Waals surface area contributed by atoms with Gasteiger partial charge in [0.15, 0.2) is 15.0 Å². The molecule has 0 N–H and O–H groups in total. The minimum atomic E-state index is -3.56. The van der Waals surface area contributed by atoms with E-state index in [1.54, 1.807) is 61.6 Å². The predicted octanol–water partition coefficient (Wildman–Crippen LogP) is 0.466. The Hall–Kier alpha value is -2.40. The summed E-state index contributed by atoms with van der Waals surface area (Å²) in [4.78, 5) is 21.7. The van der Waals surface area contributed by atoms with Crippen molar-refractivity contribution >= 4 is 42.4 Å². The van der Waals surface area contributed by atoms with Crippen molar-refractivity contribution in [3.8, 4) is 11.5 Å². The second kappa shape index (κ2) is 12.3. The maximum Gasteiger partial charge on any atom is 0.229 e. The zero-order valence-corrected chi connectivity index (χ0v) is 22.0. The van der Waals surface area contributed by atoms with E-state index in [1.807, 2.05) is 19.0 Å². The SMILES string of the molecule is COc1ccc(OC)c2sc(N(CCCN(C)C)C(=O)CCS(=O)(=O)c3ccccc3)nc12.[Cl-]. The molecule has 2 aromatic carbocycles. The molecule has 0 saturated heterocycles. The minimum Gasteiger partial charge on any atom is -1.00 e. The van der Waals surface area contributed by atoms with Gasteiger partial charge < -0.3 is 26.8 Å². The smallest absolute Gasteiger partial charge is 0.229 e. The third kappa shape index (κ3) is 6.59. The Bertz CT molecular complexity index is 1160. The number of nitrogens with zero attached hydrogens (tertiary/aromatic N) is 3. The monoisotopic (exact) mass is 526 g/mol. The minimum absolute atomic E-state index is 0. The van der Waals surface area contributed by atoms with Crippen LogP contribution in [0.5, 0.6) is 11.5 Å². The molecular formula is C23H29ClN3O5S2-. The van der Waals surface area contributed by atoms with Crippen molar-refractivity contribution in [1.29, 1.82) is 0 Å². The molecule has 3 rings (SSSR count). The number of hydrogen-bond acceptors (Lipinski definition) is 8. The number of halogens is 1. The Morgan fingerprint density at radius 1 is 1.00 bits per heavy atom. The van der Waals surface area contributed by atoms with E-state index in [1.165, 1.54) is 11.3 Å². The number of carbonyl (C=O) groups is 1. The molecule has 1 aromatic heterocycles. The van der Waals surface area contributed by atoms with Gasteiger partial charge in [0, 0.05) is 13.0 Å². The number of rotatable bonds is 11. The van der Waals surface area contributed by atoms with Crippen LogP contribution in [0.3, 0.4) is 0 Å². The van der Waals surface area contributed by atoms with E-state index in [4.69, 9.17) is 9.47 Å². The number of methoxy groups -OCH3 is 2. The van der Waals surface area contributed by atoms with Gasteiger partial charge in [-0.25, -0.2) is 13.4 Å². The van der Waals surface area contributed by atoms with Gasteiger partial charge in [-0.1, -0.05) is 29.5 Å². The molecule has 0 aliphatic heterocycles. The molecular weight excluding hydrogens is 498 g/mol. The topological polar surface area (TPSA) is 89.0 Å². The van der Waals surface area contributed by atoms with Gasteiger partial charge >= 0.3 is 0 Å². The Kier molecular flexibility index (Phi) is 10.1. The molecule has 186 valence electrons. The van der Waals surface area contributed by atoms with Gasteiger partial charge in [0.2, 0.25) is 5.91 Å². The molecule has 0 aliphatic rings. The first kappa shape index (κ1) is 27.8. The molecule has 0 unspecified atom stereocenters. The van der Waals surface area contributed by atoms with E-state index in [9.17, 15) is 13.2 Å². The highest BCUT2D eigenvalue weighted by atomic mass is 35.5. The first-order valence-electron chi connectivity index (χ1n) is 10.5. The molecule has 34 heavy (non-hydrogen) atoms. The zero-order chi connectivity index (χ0) is 24.0. The van der Waals surface area contributed by atoms with E-state index in [0.29, 0.717) is 35.1 Å². The fraction of sp³-hybridized carbons (Fsp3) is 0.391. The van der Waals surface area contributed by atoms with Gasteiger partial charge in [-0.15, -0.1) is 0 Å². The summed E-state index contributed by atoms with van der Waals surface area (Å²) in [6.45, 7) is 1.20. The van der Waals surface area contributed by atoms with Gasteiger partial charge in [-0.05, 0) is 51.3 Å². The Balaban J connectivity index is 0.00000408. The largest absolute Gasteiger partial charge is 1.00 e. The van der Waals surface area contributed by atoms with Crippen molar-refractivity contribution in [3.05, 3.63) is 42.5 Å². The van der Waals surface area contributed by atoms with Crippen LogP contribution in [0, 0.1) is 0 Å². The highest BCUT2D eigenvalue weighted by molar-refractivity contribution is 7.91. The van der Waals surface area contributed by atoms with Gasteiger partial charge in [0.1, 0.15) is 21.7 Å². The Morgan fingerprint density at radius 2 is 1.65 bits per heavy atom. The molecule has 1 heterocycles. The van der Waals surface area contributed by atoms with E-state index in [2.05, 4.69) is 4.98 Å². The number of aromatic nitrogens is 1. The first-order valence-corrected chi connectivity index (χ1v) is 13.0. The van der Waals surface area contributed by atoms with Crippen molar-refractivity contribution in [1.82, 2.24) is 9.88 Å². The van der Waals surface area contributed by atoms with Crippen LogP contribution in [-0.4, -0.2) is 71.4 Å². The number of hydrogen-bond donors (Lipinski definition) is 0. The zero-order valence-electron chi connectivity index (χ0n) is 19.7. The van der Waals surface area contributed by atoms with Crippen molar-refractivity contribution in [3.63, 3.8) is 0 Å². The third-order valence-corrected chi connectivity index (χ3v) is 7.93. The summed E-state index contributed by atoms with van der Waals surface area (Å²) in [5, 5.41) is 0.494. The lowest BCUT2D eigenvalue weighted by Crippen LogP contribution is -3.00. The molecule has 0 atom stereocenters. The quantitative estimate of drug-likeness (QED) is 0.359. The average Bonchev–Trinajstić information content (AvgIpc) is 3.25. The summed E-state index contributed by atoms with van der Waals surface area (Å²) in [5.74, 6) is 0.671. The van der Waals surface area contributed by atoms with Crippen LogP contribution in [0.25, 0.3) is 10.2 Å². The summed E-state index contributed by atoms with van der Waals surface area (Å²) in [5.41, 5.74) is 0.610. The predicted molar refractivity (Wildman–Crippen MR) is 131 cm³/mol.